The molecule has 4 aromatic rings. The highest BCUT2D eigenvalue weighted by atomic mass is 16.5. The number of aryl methyl sites for hydroxylation is 1. The Morgan fingerprint density at radius 1 is 1.13 bits per heavy atom. The van der Waals surface area contributed by atoms with Gasteiger partial charge in [0.15, 0.2) is 23.0 Å². The van der Waals surface area contributed by atoms with Crippen LogP contribution in [-0.4, -0.2) is 49.7 Å². The molecule has 3 aromatic heterocycles. The summed E-state index contributed by atoms with van der Waals surface area (Å²) in [5.74, 6) is 2.04. The Morgan fingerprint density at radius 3 is 2.80 bits per heavy atom. The van der Waals surface area contributed by atoms with Gasteiger partial charge in [0.2, 0.25) is 5.91 Å². The molecule has 30 heavy (non-hydrogen) atoms. The van der Waals surface area contributed by atoms with Crippen LogP contribution >= 0.6 is 0 Å². The number of para-hydroxylation sites is 1. The number of nitrogens with zero attached hydrogens (tertiary/aromatic N) is 6. The minimum atomic E-state index is -0.230. The molecule has 1 N–H and O–H groups in total. The summed E-state index contributed by atoms with van der Waals surface area (Å²) < 4.78 is 14.3. The van der Waals surface area contributed by atoms with Crippen molar-refractivity contribution >= 4 is 17.4 Å². The molecule has 1 aliphatic rings. The molecular formula is C20H19N7O3. The van der Waals surface area contributed by atoms with Crippen LogP contribution < -0.4 is 14.8 Å². The van der Waals surface area contributed by atoms with Gasteiger partial charge in [-0.2, -0.15) is 14.3 Å². The first-order valence-corrected chi connectivity index (χ1v) is 9.38. The van der Waals surface area contributed by atoms with Crippen molar-refractivity contribution in [2.45, 2.75) is 19.3 Å². The highest BCUT2D eigenvalue weighted by Crippen LogP contribution is 2.45. The number of anilines is 1. The minimum Gasteiger partial charge on any atom is -0.493 e. The lowest BCUT2D eigenvalue weighted by atomic mass is 9.85. The zero-order valence-corrected chi connectivity index (χ0v) is 16.7. The molecule has 1 amide bonds. The smallest absolute Gasteiger partial charge is 0.226 e. The van der Waals surface area contributed by atoms with Gasteiger partial charge in [-0.3, -0.25) is 4.79 Å². The molecule has 10 nitrogen and oxygen atoms in total. The number of benzene rings is 1. The number of hydrogen-bond donors (Lipinski definition) is 1. The highest BCUT2D eigenvalue weighted by Gasteiger charge is 2.35. The van der Waals surface area contributed by atoms with Crippen molar-refractivity contribution in [2.75, 3.05) is 19.5 Å². The van der Waals surface area contributed by atoms with Crippen LogP contribution in [0.5, 0.6) is 11.5 Å². The molecule has 0 fully saturated rings. The summed E-state index contributed by atoms with van der Waals surface area (Å²) >= 11 is 0. The molecule has 0 bridgehead atoms. The van der Waals surface area contributed by atoms with Crippen molar-refractivity contribution in [1.82, 2.24) is 29.6 Å². The third-order valence-corrected chi connectivity index (χ3v) is 5.28. The Labute approximate surface area is 171 Å². The van der Waals surface area contributed by atoms with Crippen LogP contribution in [0.2, 0.25) is 0 Å². The Kier molecular flexibility index (Phi) is 4.12. The molecule has 1 atom stereocenters. The fourth-order valence-corrected chi connectivity index (χ4v) is 4.00. The number of amides is 1. The third kappa shape index (κ3) is 2.68. The van der Waals surface area contributed by atoms with Crippen molar-refractivity contribution in [3.05, 3.63) is 53.5 Å². The first-order chi connectivity index (χ1) is 14.6. The zero-order valence-electron chi connectivity index (χ0n) is 16.7. The first kappa shape index (κ1) is 18.1. The van der Waals surface area contributed by atoms with Crippen LogP contribution in [0, 0.1) is 6.92 Å². The molecule has 10 heteroatoms. The summed E-state index contributed by atoms with van der Waals surface area (Å²) in [6.45, 7) is 1.92. The Balaban J connectivity index is 1.69. The summed E-state index contributed by atoms with van der Waals surface area (Å²) in [6.07, 6.45) is 1.80. The number of aromatic nitrogens is 6. The maximum Gasteiger partial charge on any atom is 0.226 e. The maximum absolute atomic E-state index is 12.7. The van der Waals surface area contributed by atoms with E-state index >= 15 is 0 Å². The minimum absolute atomic E-state index is 0.108. The Morgan fingerprint density at radius 2 is 2.00 bits per heavy atom. The van der Waals surface area contributed by atoms with Crippen LogP contribution in [0.1, 0.15) is 29.2 Å². The predicted molar refractivity (Wildman–Crippen MR) is 107 cm³/mol. The molecule has 0 aliphatic carbocycles. The van der Waals surface area contributed by atoms with Gasteiger partial charge in [0.25, 0.3) is 0 Å². The van der Waals surface area contributed by atoms with Crippen molar-refractivity contribution in [2.24, 2.45) is 0 Å². The lowest BCUT2D eigenvalue weighted by Crippen LogP contribution is -2.25. The zero-order chi connectivity index (χ0) is 20.8. The molecule has 5 rings (SSSR count). The fraction of sp³-hybridized carbons (Fsp3) is 0.250. The van der Waals surface area contributed by atoms with Gasteiger partial charge in [0.1, 0.15) is 12.1 Å². The van der Waals surface area contributed by atoms with Crippen molar-refractivity contribution in [3.8, 4) is 17.3 Å². The second-order valence-electron chi connectivity index (χ2n) is 6.97. The second kappa shape index (κ2) is 6.83. The summed E-state index contributed by atoms with van der Waals surface area (Å²) in [4.78, 5) is 12.7. The number of methoxy groups -OCH3 is 2. The van der Waals surface area contributed by atoms with Crippen molar-refractivity contribution in [1.29, 1.82) is 0 Å². The number of hydrogen-bond acceptors (Lipinski definition) is 7. The topological polar surface area (TPSA) is 108 Å². The van der Waals surface area contributed by atoms with Crippen molar-refractivity contribution < 1.29 is 14.3 Å². The summed E-state index contributed by atoms with van der Waals surface area (Å²) in [5, 5.41) is 20.0. The van der Waals surface area contributed by atoms with E-state index in [1.165, 1.54) is 6.33 Å². The molecule has 1 aliphatic heterocycles. The monoisotopic (exact) mass is 405 g/mol. The number of nitrogens with one attached hydrogen (secondary N) is 1. The molecular weight excluding hydrogens is 386 g/mol. The van der Waals surface area contributed by atoms with E-state index in [-0.39, 0.29) is 18.2 Å². The van der Waals surface area contributed by atoms with E-state index in [1.807, 2.05) is 25.1 Å². The predicted octanol–water partition coefficient (Wildman–Crippen LogP) is 2.11. The maximum atomic E-state index is 12.7. The van der Waals surface area contributed by atoms with Crippen LogP contribution in [-0.2, 0) is 4.79 Å². The first-order valence-electron chi connectivity index (χ1n) is 9.38. The van der Waals surface area contributed by atoms with E-state index in [2.05, 4.69) is 25.7 Å². The van der Waals surface area contributed by atoms with Gasteiger partial charge in [-0.05, 0) is 25.1 Å². The normalized spacial score (nSPS) is 15.7. The largest absolute Gasteiger partial charge is 0.493 e. The average Bonchev–Trinajstić information content (AvgIpc) is 3.36. The quantitative estimate of drug-likeness (QED) is 0.554. The fourth-order valence-electron chi connectivity index (χ4n) is 4.00. The number of carbonyl (C=O) groups is 1. The van der Waals surface area contributed by atoms with E-state index in [1.54, 1.807) is 35.5 Å². The van der Waals surface area contributed by atoms with Gasteiger partial charge < -0.3 is 14.8 Å². The molecule has 0 saturated heterocycles. The summed E-state index contributed by atoms with van der Waals surface area (Å²) in [6, 6.07) is 9.27. The van der Waals surface area contributed by atoms with Gasteiger partial charge in [-0.1, -0.05) is 12.1 Å². The number of fused-ring (bicyclic) bond motifs is 2. The molecule has 152 valence electrons. The van der Waals surface area contributed by atoms with Gasteiger partial charge >= 0.3 is 0 Å². The van der Waals surface area contributed by atoms with Gasteiger partial charge in [-0.25, -0.2) is 0 Å². The van der Waals surface area contributed by atoms with E-state index in [9.17, 15) is 4.79 Å². The molecule has 1 unspecified atom stereocenters. The van der Waals surface area contributed by atoms with Gasteiger partial charge in [-0.15, -0.1) is 15.3 Å². The van der Waals surface area contributed by atoms with Gasteiger partial charge in [0, 0.05) is 23.5 Å². The van der Waals surface area contributed by atoms with E-state index in [0.717, 1.165) is 16.8 Å². The third-order valence-electron chi connectivity index (χ3n) is 5.28. The standard InChI is InChI=1S/C20H19N7O3/c1-11-18-13(12-5-4-6-14(29-2)19(12)30-3)9-17(28)22-20(18)27(24-11)16-8-7-15-23-21-10-26(15)25-16/h4-8,10,13H,9H2,1-3H3,(H,22,28). The number of carbonyl (C=O) groups excluding carboxylic acids is 1. The van der Waals surface area contributed by atoms with Gasteiger partial charge in [0.05, 0.1) is 19.9 Å². The highest BCUT2D eigenvalue weighted by molar-refractivity contribution is 5.95. The van der Waals surface area contributed by atoms with E-state index in [4.69, 9.17) is 9.47 Å². The molecule has 4 heterocycles. The molecule has 0 spiro atoms. The second-order valence-corrected chi connectivity index (χ2v) is 6.97. The SMILES string of the molecule is COc1cccc(C2CC(=O)Nc3c2c(C)nn3-c2ccc3nncn3n2)c1OC. The van der Waals surface area contributed by atoms with E-state index < -0.39 is 0 Å². The average molecular weight is 405 g/mol. The number of ether oxygens (including phenoxy) is 2. The molecule has 0 saturated carbocycles. The Bertz CT molecular complexity index is 1280. The Hall–Kier alpha value is -3.95. The number of rotatable bonds is 4. The summed E-state index contributed by atoms with van der Waals surface area (Å²) in [5.41, 5.74) is 3.22. The van der Waals surface area contributed by atoms with Crippen LogP contribution in [0.4, 0.5) is 5.82 Å². The van der Waals surface area contributed by atoms with Crippen LogP contribution in [0.25, 0.3) is 11.5 Å². The van der Waals surface area contributed by atoms with Crippen LogP contribution in [0.15, 0.2) is 36.7 Å². The molecule has 0 radical (unpaired) electrons. The van der Waals surface area contributed by atoms with Crippen LogP contribution in [0.3, 0.4) is 0 Å². The van der Waals surface area contributed by atoms with Crippen molar-refractivity contribution in [3.63, 3.8) is 0 Å². The lowest BCUT2D eigenvalue weighted by Gasteiger charge is -2.26. The molecule has 1 aromatic carbocycles. The van der Waals surface area contributed by atoms with E-state index in [0.29, 0.717) is 28.8 Å². The summed E-state index contributed by atoms with van der Waals surface area (Å²) in [7, 11) is 3.19. The lowest BCUT2D eigenvalue weighted by molar-refractivity contribution is -0.116.